The maximum atomic E-state index is 4.56. The van der Waals surface area contributed by atoms with Crippen molar-refractivity contribution in [2.24, 2.45) is 7.05 Å². The minimum atomic E-state index is 0.876. The van der Waals surface area contributed by atoms with Crippen LogP contribution in [0.3, 0.4) is 0 Å². The van der Waals surface area contributed by atoms with Crippen LogP contribution in [0.4, 0.5) is 0 Å². The van der Waals surface area contributed by atoms with Crippen LogP contribution in [-0.2, 0) is 13.5 Å². The fourth-order valence-electron chi connectivity index (χ4n) is 1.96. The lowest BCUT2D eigenvalue weighted by Gasteiger charge is -1.93. The van der Waals surface area contributed by atoms with Gasteiger partial charge in [0.25, 0.3) is 0 Å². The molecule has 0 aliphatic heterocycles. The second-order valence-corrected chi connectivity index (χ2v) is 4.19. The van der Waals surface area contributed by atoms with Crippen LogP contribution in [-0.4, -0.2) is 19.7 Å². The molecule has 1 aromatic carbocycles. The molecule has 0 unspecified atom stereocenters. The number of nitrogens with zero attached hydrogens (tertiary/aromatic N) is 3. The van der Waals surface area contributed by atoms with Gasteiger partial charge in [-0.25, -0.2) is 4.98 Å². The molecule has 4 nitrogen and oxygen atoms in total. The highest BCUT2D eigenvalue weighted by Crippen LogP contribution is 2.20. The van der Waals surface area contributed by atoms with E-state index < -0.39 is 0 Å². The van der Waals surface area contributed by atoms with Crippen LogP contribution in [0, 0.1) is 0 Å². The molecule has 0 amide bonds. The molecule has 2 aromatic heterocycles. The van der Waals surface area contributed by atoms with E-state index in [1.165, 1.54) is 5.56 Å². The smallest absolute Gasteiger partial charge is 0.141 e. The lowest BCUT2D eigenvalue weighted by Crippen LogP contribution is -1.84. The Labute approximate surface area is 99.3 Å². The molecule has 2 heterocycles. The number of hydrogen-bond acceptors (Lipinski definition) is 2. The average Bonchev–Trinajstić information content (AvgIpc) is 2.93. The van der Waals surface area contributed by atoms with E-state index in [4.69, 9.17) is 0 Å². The van der Waals surface area contributed by atoms with E-state index in [0.29, 0.717) is 0 Å². The molecule has 0 atom stereocenters. The molecule has 0 spiro atoms. The first-order valence-corrected chi connectivity index (χ1v) is 5.74. The van der Waals surface area contributed by atoms with Crippen molar-refractivity contribution in [2.45, 2.75) is 13.3 Å². The van der Waals surface area contributed by atoms with E-state index in [1.807, 2.05) is 19.4 Å². The number of aromatic nitrogens is 4. The van der Waals surface area contributed by atoms with Gasteiger partial charge in [-0.3, -0.25) is 4.68 Å². The van der Waals surface area contributed by atoms with Crippen LogP contribution in [0.15, 0.2) is 30.6 Å². The lowest BCUT2D eigenvalue weighted by atomic mass is 10.1. The van der Waals surface area contributed by atoms with E-state index in [-0.39, 0.29) is 0 Å². The molecule has 1 N–H and O–H groups in total. The Bertz CT molecular complexity index is 663. The Hall–Kier alpha value is -2.10. The first-order valence-electron chi connectivity index (χ1n) is 5.74. The van der Waals surface area contributed by atoms with Crippen LogP contribution in [0.5, 0.6) is 0 Å². The molecule has 0 aliphatic rings. The summed E-state index contributed by atoms with van der Waals surface area (Å²) in [7, 11) is 1.90. The molecule has 4 heteroatoms. The van der Waals surface area contributed by atoms with Crippen molar-refractivity contribution in [3.8, 4) is 11.4 Å². The van der Waals surface area contributed by atoms with Gasteiger partial charge in [-0.1, -0.05) is 13.0 Å². The third-order valence-corrected chi connectivity index (χ3v) is 2.93. The summed E-state index contributed by atoms with van der Waals surface area (Å²) in [5.74, 6) is 0.876. The van der Waals surface area contributed by atoms with Gasteiger partial charge < -0.3 is 4.98 Å². The topological polar surface area (TPSA) is 46.5 Å². The van der Waals surface area contributed by atoms with Crippen molar-refractivity contribution >= 4 is 11.0 Å². The summed E-state index contributed by atoms with van der Waals surface area (Å²) in [5, 5.41) is 4.15. The normalized spacial score (nSPS) is 11.2. The van der Waals surface area contributed by atoms with E-state index in [2.05, 4.69) is 40.2 Å². The van der Waals surface area contributed by atoms with Crippen LogP contribution in [0.1, 0.15) is 12.5 Å². The highest BCUT2D eigenvalue weighted by Gasteiger charge is 2.06. The lowest BCUT2D eigenvalue weighted by molar-refractivity contribution is 0.768. The molecule has 0 saturated heterocycles. The maximum Gasteiger partial charge on any atom is 0.141 e. The van der Waals surface area contributed by atoms with Gasteiger partial charge in [0, 0.05) is 13.2 Å². The Morgan fingerprint density at radius 3 is 2.94 bits per heavy atom. The van der Waals surface area contributed by atoms with E-state index in [0.717, 1.165) is 28.8 Å². The first-order chi connectivity index (χ1) is 8.26. The summed E-state index contributed by atoms with van der Waals surface area (Å²) >= 11 is 0. The summed E-state index contributed by atoms with van der Waals surface area (Å²) in [4.78, 5) is 7.90. The van der Waals surface area contributed by atoms with Crippen LogP contribution in [0.2, 0.25) is 0 Å². The molecular weight excluding hydrogens is 212 g/mol. The maximum absolute atomic E-state index is 4.56. The fourth-order valence-corrected chi connectivity index (χ4v) is 1.96. The molecule has 0 radical (unpaired) electrons. The fraction of sp³-hybridized carbons (Fsp3) is 0.231. The van der Waals surface area contributed by atoms with Crippen molar-refractivity contribution in [1.82, 2.24) is 19.7 Å². The Balaban J connectivity index is 2.13. The zero-order chi connectivity index (χ0) is 11.8. The average molecular weight is 226 g/mol. The van der Waals surface area contributed by atoms with Crippen LogP contribution < -0.4 is 0 Å². The van der Waals surface area contributed by atoms with Gasteiger partial charge in [-0.15, -0.1) is 0 Å². The summed E-state index contributed by atoms with van der Waals surface area (Å²) in [6, 6.07) is 6.34. The minimum Gasteiger partial charge on any atom is -0.338 e. The van der Waals surface area contributed by atoms with Gasteiger partial charge in [0.15, 0.2) is 0 Å². The summed E-state index contributed by atoms with van der Waals surface area (Å²) < 4.78 is 1.78. The van der Waals surface area contributed by atoms with Crippen LogP contribution in [0.25, 0.3) is 22.4 Å². The third-order valence-electron chi connectivity index (χ3n) is 2.93. The molecule has 0 saturated carbocycles. The van der Waals surface area contributed by atoms with Crippen LogP contribution >= 0.6 is 0 Å². The van der Waals surface area contributed by atoms with Crippen molar-refractivity contribution in [3.05, 3.63) is 36.2 Å². The number of hydrogen-bond donors (Lipinski definition) is 1. The largest absolute Gasteiger partial charge is 0.338 e. The summed E-state index contributed by atoms with van der Waals surface area (Å²) in [5.41, 5.74) is 4.42. The zero-order valence-corrected chi connectivity index (χ0v) is 9.94. The van der Waals surface area contributed by atoms with E-state index in [9.17, 15) is 0 Å². The zero-order valence-electron chi connectivity index (χ0n) is 9.94. The van der Waals surface area contributed by atoms with Crippen molar-refractivity contribution in [3.63, 3.8) is 0 Å². The van der Waals surface area contributed by atoms with Gasteiger partial charge in [0.05, 0.1) is 22.8 Å². The Morgan fingerprint density at radius 2 is 2.24 bits per heavy atom. The van der Waals surface area contributed by atoms with Gasteiger partial charge in [0.1, 0.15) is 5.82 Å². The molecule has 3 aromatic rings. The number of benzene rings is 1. The predicted molar refractivity (Wildman–Crippen MR) is 67.7 cm³/mol. The standard InChI is InChI=1S/C13H14N4/c1-3-9-4-5-11-12(6-9)16-13(15-11)10-7-14-17(2)8-10/h4-8H,3H2,1-2H3,(H,15,16). The van der Waals surface area contributed by atoms with E-state index in [1.54, 1.807) is 4.68 Å². The highest BCUT2D eigenvalue weighted by molar-refractivity contribution is 5.79. The third kappa shape index (κ3) is 1.71. The number of H-pyrrole nitrogens is 1. The number of nitrogens with one attached hydrogen (secondary N) is 1. The van der Waals surface area contributed by atoms with Gasteiger partial charge in [-0.2, -0.15) is 5.10 Å². The summed E-state index contributed by atoms with van der Waals surface area (Å²) in [6.07, 6.45) is 4.81. The number of imidazole rings is 1. The number of aromatic amines is 1. The van der Waals surface area contributed by atoms with Gasteiger partial charge >= 0.3 is 0 Å². The Kier molecular flexibility index (Phi) is 2.21. The number of aryl methyl sites for hydroxylation is 2. The number of fused-ring (bicyclic) bond motifs is 1. The second kappa shape index (κ2) is 3.73. The monoisotopic (exact) mass is 226 g/mol. The second-order valence-electron chi connectivity index (χ2n) is 4.19. The predicted octanol–water partition coefficient (Wildman–Crippen LogP) is 2.53. The quantitative estimate of drug-likeness (QED) is 0.729. The molecule has 0 fully saturated rings. The SMILES string of the molecule is CCc1ccc2nc(-c3cnn(C)c3)[nH]c2c1. The van der Waals surface area contributed by atoms with Gasteiger partial charge in [-0.05, 0) is 24.1 Å². The molecule has 86 valence electrons. The van der Waals surface area contributed by atoms with Gasteiger partial charge in [0.2, 0.25) is 0 Å². The Morgan fingerprint density at radius 1 is 1.35 bits per heavy atom. The molecular formula is C13H14N4. The number of rotatable bonds is 2. The van der Waals surface area contributed by atoms with Crippen molar-refractivity contribution < 1.29 is 0 Å². The first kappa shape index (κ1) is 10.1. The molecule has 17 heavy (non-hydrogen) atoms. The van der Waals surface area contributed by atoms with E-state index >= 15 is 0 Å². The van der Waals surface area contributed by atoms with Crippen molar-refractivity contribution in [2.75, 3.05) is 0 Å². The van der Waals surface area contributed by atoms with Crippen molar-refractivity contribution in [1.29, 1.82) is 0 Å². The summed E-state index contributed by atoms with van der Waals surface area (Å²) in [6.45, 7) is 2.15. The molecule has 0 bridgehead atoms. The minimum absolute atomic E-state index is 0.876. The highest BCUT2D eigenvalue weighted by atomic mass is 15.2. The molecule has 0 aliphatic carbocycles. The molecule has 3 rings (SSSR count).